The minimum atomic E-state index is -0.417. The minimum Gasteiger partial charge on any atom is -0.361 e. The molecule has 0 spiro atoms. The minimum absolute atomic E-state index is 0.260. The fraction of sp³-hybridized carbons (Fsp3) is 0.182. The van der Waals surface area contributed by atoms with Crippen molar-refractivity contribution < 1.29 is 8.91 Å². The van der Waals surface area contributed by atoms with E-state index < -0.39 is 5.82 Å². The van der Waals surface area contributed by atoms with Crippen molar-refractivity contribution in [3.63, 3.8) is 0 Å². The normalized spacial score (nSPS) is 10.7. The summed E-state index contributed by atoms with van der Waals surface area (Å²) in [5.74, 6) is 0.205. The van der Waals surface area contributed by atoms with Gasteiger partial charge in [-0.25, -0.2) is 4.39 Å². The molecule has 0 saturated carbocycles. The molecule has 16 heavy (non-hydrogen) atoms. The van der Waals surface area contributed by atoms with Crippen LogP contribution in [-0.4, -0.2) is 11.7 Å². The quantitative estimate of drug-likeness (QED) is 0.897. The Labute approximate surface area is 97.0 Å². The van der Waals surface area contributed by atoms with Crippen LogP contribution >= 0.6 is 11.6 Å². The topological polar surface area (TPSA) is 52.0 Å². The molecule has 3 nitrogen and oxygen atoms in total. The summed E-state index contributed by atoms with van der Waals surface area (Å²) in [4.78, 5) is 0. The molecule has 0 unspecified atom stereocenters. The standard InChI is InChI=1S/C11H10ClFN2O/c12-8-2-1-3-9(13)11(8)10-6-7(4-5-14)16-15-10/h1-3,6H,4-5,14H2. The van der Waals surface area contributed by atoms with Crippen molar-refractivity contribution >= 4 is 11.6 Å². The van der Waals surface area contributed by atoms with E-state index >= 15 is 0 Å². The Morgan fingerprint density at radius 3 is 2.94 bits per heavy atom. The van der Waals surface area contributed by atoms with Crippen molar-refractivity contribution in [2.75, 3.05) is 6.54 Å². The molecule has 1 heterocycles. The smallest absolute Gasteiger partial charge is 0.138 e. The fourth-order valence-corrected chi connectivity index (χ4v) is 1.69. The van der Waals surface area contributed by atoms with Crippen LogP contribution in [0.1, 0.15) is 5.76 Å². The van der Waals surface area contributed by atoms with Crippen LogP contribution in [-0.2, 0) is 6.42 Å². The Kier molecular flexibility index (Phi) is 3.22. The van der Waals surface area contributed by atoms with Gasteiger partial charge in [-0.1, -0.05) is 22.8 Å². The summed E-state index contributed by atoms with van der Waals surface area (Å²) in [7, 11) is 0. The molecule has 2 rings (SSSR count). The second-order valence-electron chi connectivity index (χ2n) is 3.31. The zero-order valence-electron chi connectivity index (χ0n) is 8.41. The first kappa shape index (κ1) is 11.1. The van der Waals surface area contributed by atoms with Crippen LogP contribution in [0.25, 0.3) is 11.3 Å². The number of nitrogens with two attached hydrogens (primary N) is 1. The molecule has 0 amide bonds. The molecule has 0 aliphatic rings. The molecule has 0 bridgehead atoms. The number of hydrogen-bond donors (Lipinski definition) is 1. The van der Waals surface area contributed by atoms with Crippen molar-refractivity contribution in [2.45, 2.75) is 6.42 Å². The van der Waals surface area contributed by atoms with E-state index in [4.69, 9.17) is 21.9 Å². The molecule has 84 valence electrons. The SMILES string of the molecule is NCCc1cc(-c2c(F)cccc2Cl)no1. The fourth-order valence-electron chi connectivity index (χ4n) is 1.43. The largest absolute Gasteiger partial charge is 0.361 e. The van der Waals surface area contributed by atoms with E-state index in [9.17, 15) is 4.39 Å². The third-order valence-corrected chi connectivity index (χ3v) is 2.48. The maximum Gasteiger partial charge on any atom is 0.138 e. The highest BCUT2D eigenvalue weighted by Gasteiger charge is 2.13. The average molecular weight is 241 g/mol. The third-order valence-electron chi connectivity index (χ3n) is 2.17. The first-order chi connectivity index (χ1) is 7.72. The summed E-state index contributed by atoms with van der Waals surface area (Å²) in [5, 5.41) is 4.08. The maximum absolute atomic E-state index is 13.5. The maximum atomic E-state index is 13.5. The van der Waals surface area contributed by atoms with Gasteiger partial charge in [0.05, 0.1) is 10.6 Å². The van der Waals surface area contributed by atoms with E-state index in [1.807, 2.05) is 0 Å². The van der Waals surface area contributed by atoms with E-state index in [0.717, 1.165) is 0 Å². The summed E-state index contributed by atoms with van der Waals surface area (Å²) in [6.45, 7) is 0.458. The predicted octanol–water partition coefficient (Wildman–Crippen LogP) is 2.64. The van der Waals surface area contributed by atoms with Crippen LogP contribution in [0.2, 0.25) is 5.02 Å². The second-order valence-corrected chi connectivity index (χ2v) is 3.72. The van der Waals surface area contributed by atoms with Gasteiger partial charge in [0.2, 0.25) is 0 Å². The first-order valence-electron chi connectivity index (χ1n) is 4.82. The summed E-state index contributed by atoms with van der Waals surface area (Å²) in [6, 6.07) is 6.13. The van der Waals surface area contributed by atoms with Crippen molar-refractivity contribution in [2.24, 2.45) is 5.73 Å². The summed E-state index contributed by atoms with van der Waals surface area (Å²) in [6.07, 6.45) is 0.569. The molecule has 5 heteroatoms. The Balaban J connectivity index is 2.42. The Bertz CT molecular complexity index is 478. The average Bonchev–Trinajstić information content (AvgIpc) is 2.67. The van der Waals surface area contributed by atoms with Gasteiger partial charge >= 0.3 is 0 Å². The molecule has 0 aliphatic carbocycles. The van der Waals surface area contributed by atoms with E-state index in [0.29, 0.717) is 29.4 Å². The summed E-state index contributed by atoms with van der Waals surface area (Å²) in [5.41, 5.74) is 6.04. The van der Waals surface area contributed by atoms with Gasteiger partial charge in [-0.3, -0.25) is 0 Å². The van der Waals surface area contributed by atoms with Crippen LogP contribution in [0.15, 0.2) is 28.8 Å². The molecule has 0 radical (unpaired) electrons. The van der Waals surface area contributed by atoms with Crippen LogP contribution in [0.4, 0.5) is 4.39 Å². The van der Waals surface area contributed by atoms with E-state index in [2.05, 4.69) is 5.16 Å². The lowest BCUT2D eigenvalue weighted by atomic mass is 10.1. The monoisotopic (exact) mass is 240 g/mol. The summed E-state index contributed by atoms with van der Waals surface area (Å²) < 4.78 is 18.6. The molecule has 1 aromatic carbocycles. The highest BCUT2D eigenvalue weighted by Crippen LogP contribution is 2.29. The molecular formula is C11H10ClFN2O. The van der Waals surface area contributed by atoms with Crippen molar-refractivity contribution in [3.05, 3.63) is 40.9 Å². The number of nitrogens with zero attached hydrogens (tertiary/aromatic N) is 1. The van der Waals surface area contributed by atoms with Gasteiger partial charge in [0.15, 0.2) is 0 Å². The number of aromatic nitrogens is 1. The number of hydrogen-bond acceptors (Lipinski definition) is 3. The van der Waals surface area contributed by atoms with Crippen molar-refractivity contribution in [1.82, 2.24) is 5.16 Å². The number of halogens is 2. The Hall–Kier alpha value is -1.39. The second kappa shape index (κ2) is 4.63. The van der Waals surface area contributed by atoms with E-state index in [1.54, 1.807) is 18.2 Å². The molecule has 0 fully saturated rings. The number of rotatable bonds is 3. The lowest BCUT2D eigenvalue weighted by Gasteiger charge is -2.00. The molecule has 0 saturated heterocycles. The third kappa shape index (κ3) is 2.08. The van der Waals surface area contributed by atoms with E-state index in [1.165, 1.54) is 6.07 Å². The van der Waals surface area contributed by atoms with Gasteiger partial charge in [-0.05, 0) is 18.7 Å². The van der Waals surface area contributed by atoms with Gasteiger partial charge < -0.3 is 10.3 Å². The highest BCUT2D eigenvalue weighted by atomic mass is 35.5. The van der Waals surface area contributed by atoms with Crippen LogP contribution in [0.5, 0.6) is 0 Å². The summed E-state index contributed by atoms with van der Waals surface area (Å²) >= 11 is 5.90. The Morgan fingerprint density at radius 1 is 1.44 bits per heavy atom. The zero-order chi connectivity index (χ0) is 11.5. The lowest BCUT2D eigenvalue weighted by Crippen LogP contribution is -2.01. The molecule has 0 atom stereocenters. The molecule has 1 aromatic heterocycles. The van der Waals surface area contributed by atoms with Gasteiger partial charge in [0.1, 0.15) is 17.3 Å². The van der Waals surface area contributed by atoms with Crippen molar-refractivity contribution in [1.29, 1.82) is 0 Å². The van der Waals surface area contributed by atoms with Crippen LogP contribution in [0, 0.1) is 5.82 Å². The molecular weight excluding hydrogens is 231 g/mol. The highest BCUT2D eigenvalue weighted by molar-refractivity contribution is 6.33. The molecule has 2 N–H and O–H groups in total. The first-order valence-corrected chi connectivity index (χ1v) is 5.20. The Morgan fingerprint density at radius 2 is 2.25 bits per heavy atom. The predicted molar refractivity (Wildman–Crippen MR) is 59.7 cm³/mol. The van der Waals surface area contributed by atoms with Gasteiger partial charge in [-0.2, -0.15) is 0 Å². The van der Waals surface area contributed by atoms with Gasteiger partial charge in [0, 0.05) is 12.5 Å². The van der Waals surface area contributed by atoms with Gasteiger partial charge in [-0.15, -0.1) is 0 Å². The molecule has 0 aliphatic heterocycles. The number of benzene rings is 1. The van der Waals surface area contributed by atoms with Crippen molar-refractivity contribution in [3.8, 4) is 11.3 Å². The lowest BCUT2D eigenvalue weighted by molar-refractivity contribution is 0.386. The van der Waals surface area contributed by atoms with Gasteiger partial charge in [0.25, 0.3) is 0 Å². The van der Waals surface area contributed by atoms with Crippen LogP contribution in [0.3, 0.4) is 0 Å². The molecule has 2 aromatic rings. The zero-order valence-corrected chi connectivity index (χ0v) is 9.17. The van der Waals surface area contributed by atoms with E-state index in [-0.39, 0.29) is 5.56 Å². The van der Waals surface area contributed by atoms with Crippen LogP contribution < -0.4 is 5.73 Å².